The quantitative estimate of drug-likeness (QED) is 0.652. The molecule has 0 saturated carbocycles. The molecule has 0 bridgehead atoms. The van der Waals surface area contributed by atoms with Gasteiger partial charge in [0.2, 0.25) is 0 Å². The van der Waals surface area contributed by atoms with E-state index in [0.717, 1.165) is 31.6 Å². The molecule has 2 atom stereocenters. The fourth-order valence-electron chi connectivity index (χ4n) is 2.91. The lowest BCUT2D eigenvalue weighted by atomic mass is 9.92. The summed E-state index contributed by atoms with van der Waals surface area (Å²) in [7, 11) is 0. The maximum absolute atomic E-state index is 5.96. The zero-order chi connectivity index (χ0) is 14.5. The van der Waals surface area contributed by atoms with E-state index < -0.39 is 0 Å². The number of nitrogens with zero attached hydrogens (tertiary/aromatic N) is 1. The van der Waals surface area contributed by atoms with Gasteiger partial charge in [0.15, 0.2) is 0 Å². The molecule has 4 heteroatoms. The molecule has 0 radical (unpaired) electrons. The third-order valence-electron chi connectivity index (χ3n) is 4.01. The summed E-state index contributed by atoms with van der Waals surface area (Å²) in [5.41, 5.74) is 6.64. The number of nitrogens with one attached hydrogen (secondary N) is 1. The Balaban J connectivity index is 1.70. The second kappa shape index (κ2) is 6.80. The Labute approximate surface area is 125 Å². The molecule has 2 aromatic rings. The fraction of sp³-hybridized carbons (Fsp3) is 0.353. The van der Waals surface area contributed by atoms with Crippen LogP contribution in [0.3, 0.4) is 0 Å². The van der Waals surface area contributed by atoms with E-state index >= 15 is 0 Å². The van der Waals surface area contributed by atoms with Crippen molar-refractivity contribution >= 4 is 0 Å². The van der Waals surface area contributed by atoms with Crippen molar-refractivity contribution in [1.29, 1.82) is 0 Å². The minimum Gasteiger partial charge on any atom is -0.373 e. The maximum Gasteiger partial charge on any atom is 0.0843 e. The number of pyridine rings is 1. The highest BCUT2D eigenvalue weighted by Crippen LogP contribution is 2.30. The second-order valence-corrected chi connectivity index (χ2v) is 5.43. The van der Waals surface area contributed by atoms with Gasteiger partial charge >= 0.3 is 0 Å². The molecular formula is C17H21N3O. The average Bonchev–Trinajstić information content (AvgIpc) is 2.55. The molecular weight excluding hydrogens is 262 g/mol. The van der Waals surface area contributed by atoms with Crippen LogP contribution in [0.5, 0.6) is 0 Å². The van der Waals surface area contributed by atoms with Crippen molar-refractivity contribution in [2.24, 2.45) is 5.84 Å². The van der Waals surface area contributed by atoms with E-state index in [1.807, 2.05) is 24.4 Å². The minimum atomic E-state index is 0.111. The molecule has 4 nitrogen and oxygen atoms in total. The molecule has 3 rings (SSSR count). The van der Waals surface area contributed by atoms with E-state index in [0.29, 0.717) is 0 Å². The van der Waals surface area contributed by atoms with Crippen molar-refractivity contribution in [1.82, 2.24) is 10.4 Å². The van der Waals surface area contributed by atoms with Gasteiger partial charge in [0, 0.05) is 24.4 Å². The summed E-state index contributed by atoms with van der Waals surface area (Å²) in [6.45, 7) is 0.780. The van der Waals surface area contributed by atoms with Crippen LogP contribution in [0.15, 0.2) is 48.7 Å². The number of hydrogen-bond acceptors (Lipinski definition) is 4. The summed E-state index contributed by atoms with van der Waals surface area (Å²) >= 11 is 0. The van der Waals surface area contributed by atoms with Gasteiger partial charge in [-0.15, -0.1) is 0 Å². The number of benzene rings is 1. The molecule has 110 valence electrons. The molecule has 1 aromatic carbocycles. The molecule has 0 amide bonds. The highest BCUT2D eigenvalue weighted by molar-refractivity contribution is 5.31. The Morgan fingerprint density at radius 2 is 2.10 bits per heavy atom. The molecule has 0 saturated heterocycles. The first-order chi connectivity index (χ1) is 10.4. The number of hydrogen-bond donors (Lipinski definition) is 2. The predicted molar refractivity (Wildman–Crippen MR) is 82.5 cm³/mol. The van der Waals surface area contributed by atoms with E-state index in [1.165, 1.54) is 11.1 Å². The maximum atomic E-state index is 5.96. The van der Waals surface area contributed by atoms with E-state index in [1.54, 1.807) is 0 Å². The van der Waals surface area contributed by atoms with Crippen molar-refractivity contribution in [3.05, 3.63) is 65.5 Å². The second-order valence-electron chi connectivity index (χ2n) is 5.43. The van der Waals surface area contributed by atoms with Gasteiger partial charge in [-0.3, -0.25) is 16.3 Å². The van der Waals surface area contributed by atoms with Crippen molar-refractivity contribution in [3.63, 3.8) is 0 Å². The molecule has 0 spiro atoms. The van der Waals surface area contributed by atoms with E-state index in [-0.39, 0.29) is 12.1 Å². The van der Waals surface area contributed by atoms with Crippen LogP contribution in [0.25, 0.3) is 0 Å². The van der Waals surface area contributed by atoms with Crippen molar-refractivity contribution in [3.8, 4) is 0 Å². The smallest absolute Gasteiger partial charge is 0.0843 e. The first kappa shape index (κ1) is 14.2. The summed E-state index contributed by atoms with van der Waals surface area (Å²) < 4.78 is 5.96. The third kappa shape index (κ3) is 3.47. The molecule has 1 aliphatic heterocycles. The Hall–Kier alpha value is -1.75. The minimum absolute atomic E-state index is 0.111. The summed E-state index contributed by atoms with van der Waals surface area (Å²) in [6, 6.07) is 14.6. The van der Waals surface area contributed by atoms with Crippen LogP contribution >= 0.6 is 0 Å². The van der Waals surface area contributed by atoms with E-state index in [2.05, 4.69) is 34.7 Å². The lowest BCUT2D eigenvalue weighted by Gasteiger charge is -2.29. The highest BCUT2D eigenvalue weighted by Gasteiger charge is 2.23. The average molecular weight is 283 g/mol. The molecule has 21 heavy (non-hydrogen) atoms. The van der Waals surface area contributed by atoms with Crippen molar-refractivity contribution in [2.75, 3.05) is 6.61 Å². The number of ether oxygens (including phenoxy) is 1. The zero-order valence-electron chi connectivity index (χ0n) is 12.0. The lowest BCUT2D eigenvalue weighted by molar-refractivity contribution is 0.0294. The van der Waals surface area contributed by atoms with Crippen LogP contribution in [0.4, 0.5) is 0 Å². The van der Waals surface area contributed by atoms with Crippen LogP contribution in [0.1, 0.15) is 29.3 Å². The topological polar surface area (TPSA) is 60.2 Å². The Kier molecular flexibility index (Phi) is 4.60. The van der Waals surface area contributed by atoms with Crippen LogP contribution in [0, 0.1) is 0 Å². The van der Waals surface area contributed by atoms with Crippen LogP contribution in [0.2, 0.25) is 0 Å². The lowest BCUT2D eigenvalue weighted by Crippen LogP contribution is -2.39. The molecule has 3 N–H and O–H groups in total. The number of rotatable bonds is 5. The Bertz CT molecular complexity index is 573. The normalized spacial score (nSPS) is 19.0. The first-order valence-electron chi connectivity index (χ1n) is 7.42. The number of aromatic nitrogens is 1. The largest absolute Gasteiger partial charge is 0.373 e. The van der Waals surface area contributed by atoms with Crippen LogP contribution in [-0.2, 0) is 17.6 Å². The standard InChI is InChI=1S/C17H21N3O/c18-20-15(11-14-6-3-4-9-19-14)12-17-16-7-2-1-5-13(16)8-10-21-17/h1-7,9,15,17,20H,8,10-12,18H2. The van der Waals surface area contributed by atoms with Crippen molar-refractivity contribution < 1.29 is 4.74 Å². The van der Waals surface area contributed by atoms with Gasteiger partial charge in [-0.2, -0.15) is 0 Å². The number of hydrazine groups is 1. The summed E-state index contributed by atoms with van der Waals surface area (Å²) in [5, 5.41) is 0. The van der Waals surface area contributed by atoms with Gasteiger partial charge in [-0.1, -0.05) is 30.3 Å². The van der Waals surface area contributed by atoms with Gasteiger partial charge < -0.3 is 4.74 Å². The molecule has 2 unspecified atom stereocenters. The van der Waals surface area contributed by atoms with Gasteiger partial charge in [-0.05, 0) is 36.1 Å². The third-order valence-corrected chi connectivity index (χ3v) is 4.01. The SMILES string of the molecule is NNC(Cc1ccccn1)CC1OCCc2ccccc21. The summed E-state index contributed by atoms with van der Waals surface area (Å²) in [6.07, 6.45) is 4.58. The molecule has 0 aliphatic carbocycles. The Morgan fingerprint density at radius 1 is 1.24 bits per heavy atom. The van der Waals surface area contributed by atoms with E-state index in [9.17, 15) is 0 Å². The van der Waals surface area contributed by atoms with Gasteiger partial charge in [0.1, 0.15) is 0 Å². The molecule has 1 aliphatic rings. The molecule has 0 fully saturated rings. The first-order valence-corrected chi connectivity index (χ1v) is 7.42. The van der Waals surface area contributed by atoms with Crippen LogP contribution < -0.4 is 11.3 Å². The summed E-state index contributed by atoms with van der Waals surface area (Å²) in [5.74, 6) is 5.72. The van der Waals surface area contributed by atoms with Crippen molar-refractivity contribution in [2.45, 2.75) is 31.4 Å². The molecule has 2 heterocycles. The fourth-order valence-corrected chi connectivity index (χ4v) is 2.91. The Morgan fingerprint density at radius 3 is 2.90 bits per heavy atom. The zero-order valence-corrected chi connectivity index (χ0v) is 12.0. The van der Waals surface area contributed by atoms with Gasteiger partial charge in [0.25, 0.3) is 0 Å². The monoisotopic (exact) mass is 283 g/mol. The summed E-state index contributed by atoms with van der Waals surface area (Å²) in [4.78, 5) is 4.37. The highest BCUT2D eigenvalue weighted by atomic mass is 16.5. The number of nitrogens with two attached hydrogens (primary N) is 1. The predicted octanol–water partition coefficient (Wildman–Crippen LogP) is 2.16. The van der Waals surface area contributed by atoms with Crippen LogP contribution in [-0.4, -0.2) is 17.6 Å². The van der Waals surface area contributed by atoms with Gasteiger partial charge in [0.05, 0.1) is 12.7 Å². The molecule has 1 aromatic heterocycles. The number of fused-ring (bicyclic) bond motifs is 1. The van der Waals surface area contributed by atoms with Gasteiger partial charge in [-0.25, -0.2) is 0 Å². The van der Waals surface area contributed by atoms with E-state index in [4.69, 9.17) is 10.6 Å².